The quantitative estimate of drug-likeness (QED) is 0.278. The fourth-order valence-corrected chi connectivity index (χ4v) is 6.57. The Balaban J connectivity index is 1.24. The lowest BCUT2D eigenvalue weighted by Crippen LogP contribution is -2.32. The fraction of sp³-hybridized carbons (Fsp3) is 0.323. The highest BCUT2D eigenvalue weighted by atomic mass is 32.1. The third-order valence-corrected chi connectivity index (χ3v) is 8.59. The van der Waals surface area contributed by atoms with Crippen molar-refractivity contribution in [2.45, 2.75) is 31.8 Å². The maximum absolute atomic E-state index is 11.2. The first-order valence-electron chi connectivity index (χ1n) is 13.2. The van der Waals surface area contributed by atoms with Gasteiger partial charge in [0.05, 0.1) is 7.11 Å². The fourth-order valence-electron chi connectivity index (χ4n) is 5.34. The average molecular weight is 529 g/mol. The van der Waals surface area contributed by atoms with Crippen LogP contribution in [0.3, 0.4) is 0 Å². The molecule has 1 aromatic heterocycles. The number of alkyl carbamates (subject to hydrolysis) is 1. The van der Waals surface area contributed by atoms with E-state index in [9.17, 15) is 4.79 Å². The van der Waals surface area contributed by atoms with Crippen LogP contribution in [-0.2, 0) is 17.7 Å². The van der Waals surface area contributed by atoms with Gasteiger partial charge in [0.25, 0.3) is 0 Å². The maximum atomic E-state index is 11.2. The smallest absolute Gasteiger partial charge is 0.407 e. The molecule has 2 fully saturated rings. The molecule has 7 heteroatoms. The van der Waals surface area contributed by atoms with E-state index >= 15 is 0 Å². The predicted molar refractivity (Wildman–Crippen MR) is 151 cm³/mol. The normalized spacial score (nSPS) is 17.5. The van der Waals surface area contributed by atoms with Crippen molar-refractivity contribution < 1.29 is 19.0 Å². The molecule has 3 aromatic carbocycles. The molecule has 196 valence electrons. The van der Waals surface area contributed by atoms with Crippen LogP contribution < -0.4 is 14.8 Å². The highest BCUT2D eigenvalue weighted by Gasteiger charge is 2.23. The second kappa shape index (κ2) is 11.1. The number of nitrogens with zero attached hydrogens (tertiary/aromatic N) is 1. The van der Waals surface area contributed by atoms with E-state index in [2.05, 4.69) is 64.8 Å². The van der Waals surface area contributed by atoms with Crippen molar-refractivity contribution in [1.82, 2.24) is 10.2 Å². The van der Waals surface area contributed by atoms with E-state index in [1.54, 1.807) is 7.11 Å². The second-order valence-corrected chi connectivity index (χ2v) is 11.0. The largest absolute Gasteiger partial charge is 0.496 e. The number of carbonyl (C=O) groups is 1. The van der Waals surface area contributed by atoms with E-state index in [0.29, 0.717) is 13.2 Å². The van der Waals surface area contributed by atoms with Crippen LogP contribution in [0, 0.1) is 0 Å². The Morgan fingerprint density at radius 1 is 1.05 bits per heavy atom. The van der Waals surface area contributed by atoms with Crippen LogP contribution in [0.5, 0.6) is 11.5 Å². The Labute approximate surface area is 227 Å². The monoisotopic (exact) mass is 528 g/mol. The Kier molecular flexibility index (Phi) is 7.20. The zero-order valence-electron chi connectivity index (χ0n) is 21.6. The zero-order valence-corrected chi connectivity index (χ0v) is 22.4. The van der Waals surface area contributed by atoms with Gasteiger partial charge in [-0.1, -0.05) is 30.3 Å². The molecule has 2 aliphatic heterocycles. The van der Waals surface area contributed by atoms with Crippen LogP contribution in [0.1, 0.15) is 29.5 Å². The molecule has 1 unspecified atom stereocenters. The number of thiophene rings is 1. The van der Waals surface area contributed by atoms with Crippen LogP contribution in [-0.4, -0.2) is 50.4 Å². The minimum absolute atomic E-state index is 0.116. The number of cyclic esters (lactones) is 1. The summed E-state index contributed by atoms with van der Waals surface area (Å²) < 4.78 is 17.9. The molecule has 0 radical (unpaired) electrons. The first kappa shape index (κ1) is 24.8. The summed E-state index contributed by atoms with van der Waals surface area (Å²) in [6, 6.07) is 23.5. The molecule has 0 aliphatic carbocycles. The predicted octanol–water partition coefficient (Wildman–Crippen LogP) is 6.25. The summed E-state index contributed by atoms with van der Waals surface area (Å²) in [6.45, 7) is 4.01. The van der Waals surface area contributed by atoms with Gasteiger partial charge in [-0.2, -0.15) is 0 Å². The van der Waals surface area contributed by atoms with E-state index in [1.807, 2.05) is 23.5 Å². The zero-order chi connectivity index (χ0) is 25.9. The van der Waals surface area contributed by atoms with Crippen molar-refractivity contribution in [2.75, 3.05) is 33.4 Å². The number of benzene rings is 3. The topological polar surface area (TPSA) is 60.0 Å². The molecule has 2 aliphatic rings. The molecule has 0 bridgehead atoms. The Hall–Kier alpha value is -3.55. The van der Waals surface area contributed by atoms with Gasteiger partial charge in [-0.15, -0.1) is 11.3 Å². The molecular formula is C31H32N2O4S. The van der Waals surface area contributed by atoms with Crippen LogP contribution in [0.15, 0.2) is 66.7 Å². The summed E-state index contributed by atoms with van der Waals surface area (Å²) in [7, 11) is 1.77. The average Bonchev–Trinajstić information content (AvgIpc) is 3.69. The molecule has 1 N–H and O–H groups in total. The van der Waals surface area contributed by atoms with Gasteiger partial charge in [0.2, 0.25) is 0 Å². The lowest BCUT2D eigenvalue weighted by Gasteiger charge is -2.18. The van der Waals surface area contributed by atoms with Gasteiger partial charge in [-0.3, -0.25) is 4.90 Å². The Morgan fingerprint density at radius 3 is 2.63 bits per heavy atom. The van der Waals surface area contributed by atoms with E-state index in [4.69, 9.17) is 14.2 Å². The van der Waals surface area contributed by atoms with Crippen LogP contribution >= 0.6 is 11.3 Å². The molecule has 0 saturated carbocycles. The first-order valence-corrected chi connectivity index (χ1v) is 14.0. The standard InChI is InChI=1S/C31H32N2O4S/c1-35-28-17-21(8-9-23(28)18-33-14-4-5-15-33)16-27-26-6-2-3-7-29(26)38-30(27)22-10-12-25(13-11-22)36-19-24-20-37-31(34)32-24/h2-3,6-13,17,24H,4-5,14-16,18-20H2,1H3,(H,32,34). The molecule has 1 atom stereocenters. The first-order chi connectivity index (χ1) is 18.7. The lowest BCUT2D eigenvalue weighted by atomic mass is 9.97. The van der Waals surface area contributed by atoms with E-state index in [1.165, 1.54) is 63.1 Å². The highest BCUT2D eigenvalue weighted by Crippen LogP contribution is 2.40. The van der Waals surface area contributed by atoms with Gasteiger partial charge in [0.1, 0.15) is 30.8 Å². The van der Waals surface area contributed by atoms with E-state index in [-0.39, 0.29) is 12.1 Å². The van der Waals surface area contributed by atoms with Gasteiger partial charge in [0.15, 0.2) is 0 Å². The molecular weight excluding hydrogens is 496 g/mol. The number of ether oxygens (including phenoxy) is 3. The highest BCUT2D eigenvalue weighted by molar-refractivity contribution is 7.22. The minimum atomic E-state index is -0.384. The summed E-state index contributed by atoms with van der Waals surface area (Å²) in [5, 5.41) is 4.04. The molecule has 3 heterocycles. The summed E-state index contributed by atoms with van der Waals surface area (Å²) >= 11 is 1.83. The number of methoxy groups -OCH3 is 1. The van der Waals surface area contributed by atoms with E-state index in [0.717, 1.165) is 24.5 Å². The SMILES string of the molecule is COc1cc(Cc2c(-c3ccc(OCC4COC(=O)N4)cc3)sc3ccccc23)ccc1CN1CCCC1. The molecule has 0 spiro atoms. The lowest BCUT2D eigenvalue weighted by molar-refractivity contribution is 0.174. The van der Waals surface area contributed by atoms with Crippen molar-refractivity contribution in [3.05, 3.63) is 83.4 Å². The third-order valence-electron chi connectivity index (χ3n) is 7.33. The molecule has 1 amide bonds. The van der Waals surface area contributed by atoms with Gasteiger partial charge >= 0.3 is 6.09 Å². The molecule has 2 saturated heterocycles. The number of nitrogens with one attached hydrogen (secondary N) is 1. The van der Waals surface area contributed by atoms with Crippen molar-refractivity contribution in [3.8, 4) is 21.9 Å². The summed E-state index contributed by atoms with van der Waals surface area (Å²) in [5.41, 5.74) is 5.01. The molecule has 38 heavy (non-hydrogen) atoms. The summed E-state index contributed by atoms with van der Waals surface area (Å²) in [6.07, 6.45) is 3.02. The van der Waals surface area contributed by atoms with Crippen molar-refractivity contribution >= 4 is 27.5 Å². The summed E-state index contributed by atoms with van der Waals surface area (Å²) in [5.74, 6) is 1.75. The van der Waals surface area contributed by atoms with Gasteiger partial charge in [0, 0.05) is 21.7 Å². The Bertz CT molecular complexity index is 1430. The number of likely N-dealkylation sites (tertiary alicyclic amines) is 1. The van der Waals surface area contributed by atoms with Crippen molar-refractivity contribution in [3.63, 3.8) is 0 Å². The number of carbonyl (C=O) groups excluding carboxylic acids is 1. The number of hydrogen-bond acceptors (Lipinski definition) is 6. The second-order valence-electron chi connectivity index (χ2n) is 9.99. The number of rotatable bonds is 9. The maximum Gasteiger partial charge on any atom is 0.407 e. The molecule has 6 rings (SSSR count). The van der Waals surface area contributed by atoms with E-state index < -0.39 is 0 Å². The van der Waals surface area contributed by atoms with Gasteiger partial charge < -0.3 is 19.5 Å². The number of fused-ring (bicyclic) bond motifs is 1. The minimum Gasteiger partial charge on any atom is -0.496 e. The number of hydrogen-bond donors (Lipinski definition) is 1. The van der Waals surface area contributed by atoms with Crippen LogP contribution in [0.25, 0.3) is 20.5 Å². The number of amides is 1. The van der Waals surface area contributed by atoms with Gasteiger partial charge in [-0.05, 0) is 90.8 Å². The Morgan fingerprint density at radius 2 is 1.87 bits per heavy atom. The third kappa shape index (κ3) is 5.35. The molecule has 6 nitrogen and oxygen atoms in total. The van der Waals surface area contributed by atoms with Gasteiger partial charge in [-0.25, -0.2) is 4.79 Å². The molecule has 4 aromatic rings. The summed E-state index contributed by atoms with van der Waals surface area (Å²) in [4.78, 5) is 15.0. The van der Waals surface area contributed by atoms with Crippen molar-refractivity contribution in [1.29, 1.82) is 0 Å². The van der Waals surface area contributed by atoms with Crippen LogP contribution in [0.4, 0.5) is 4.79 Å². The van der Waals surface area contributed by atoms with Crippen LogP contribution in [0.2, 0.25) is 0 Å². The van der Waals surface area contributed by atoms with Crippen molar-refractivity contribution in [2.24, 2.45) is 0 Å².